The fourth-order valence-corrected chi connectivity index (χ4v) is 4.10. The summed E-state index contributed by atoms with van der Waals surface area (Å²) in [6.45, 7) is 0. The zero-order valence-corrected chi connectivity index (χ0v) is 16.6. The van der Waals surface area contributed by atoms with Crippen molar-refractivity contribution in [1.29, 1.82) is 0 Å². The van der Waals surface area contributed by atoms with Crippen LogP contribution in [0, 0.1) is 0 Å². The largest absolute Gasteiger partial charge is 0.493 e. The molecule has 28 heavy (non-hydrogen) atoms. The Balaban J connectivity index is 1.83. The van der Waals surface area contributed by atoms with Crippen molar-refractivity contribution in [2.45, 2.75) is 0 Å². The first kappa shape index (κ1) is 18.1. The summed E-state index contributed by atoms with van der Waals surface area (Å²) < 4.78 is 16.1. The number of hydrogen-bond acceptors (Lipinski definition) is 5. The Morgan fingerprint density at radius 2 is 1.71 bits per heavy atom. The van der Waals surface area contributed by atoms with Gasteiger partial charge in [0, 0.05) is 33.2 Å². The van der Waals surface area contributed by atoms with E-state index in [-0.39, 0.29) is 5.78 Å². The van der Waals surface area contributed by atoms with Gasteiger partial charge in [0.15, 0.2) is 17.3 Å². The first-order chi connectivity index (χ1) is 13.7. The van der Waals surface area contributed by atoms with Crippen LogP contribution >= 0.6 is 11.3 Å². The summed E-state index contributed by atoms with van der Waals surface area (Å²) in [5, 5.41) is 2.92. The second kappa shape index (κ2) is 7.40. The standard InChI is InChI=1S/C22H19NO4S/c1-25-17-10-13(11-18(26-2)22(17)27-3)21(24)16-12-23-20-14(16)6-4-7-15(20)19-8-5-9-28-19/h4-12,23H,1-3H3. The van der Waals surface area contributed by atoms with E-state index in [0.29, 0.717) is 28.4 Å². The third-order valence-corrected chi connectivity index (χ3v) is 5.58. The number of aromatic nitrogens is 1. The number of rotatable bonds is 6. The van der Waals surface area contributed by atoms with E-state index in [1.165, 1.54) is 21.3 Å². The average molecular weight is 393 g/mol. The number of hydrogen-bond donors (Lipinski definition) is 1. The van der Waals surface area contributed by atoms with Gasteiger partial charge in [-0.3, -0.25) is 4.79 Å². The fraction of sp³-hybridized carbons (Fsp3) is 0.136. The van der Waals surface area contributed by atoms with Gasteiger partial charge in [0.1, 0.15) is 0 Å². The molecule has 0 atom stereocenters. The van der Waals surface area contributed by atoms with Gasteiger partial charge in [-0.1, -0.05) is 24.3 Å². The summed E-state index contributed by atoms with van der Waals surface area (Å²) in [6, 6.07) is 13.4. The van der Waals surface area contributed by atoms with Crippen molar-refractivity contribution in [3.05, 3.63) is 65.2 Å². The normalized spacial score (nSPS) is 10.8. The number of ether oxygens (including phenoxy) is 3. The molecule has 2 heterocycles. The molecule has 6 heteroatoms. The second-order valence-corrected chi connectivity index (χ2v) is 7.10. The molecule has 0 spiro atoms. The van der Waals surface area contributed by atoms with Crippen LogP contribution in [0.4, 0.5) is 0 Å². The molecule has 0 radical (unpaired) electrons. The Bertz CT molecular complexity index is 1120. The fourth-order valence-electron chi connectivity index (χ4n) is 3.35. The van der Waals surface area contributed by atoms with E-state index in [1.807, 2.05) is 23.6 Å². The minimum Gasteiger partial charge on any atom is -0.493 e. The number of thiophene rings is 1. The predicted octanol–water partition coefficient (Wildman–Crippen LogP) is 5.15. The summed E-state index contributed by atoms with van der Waals surface area (Å²) in [5.41, 5.74) is 3.09. The van der Waals surface area contributed by atoms with Crippen molar-refractivity contribution in [3.63, 3.8) is 0 Å². The van der Waals surface area contributed by atoms with E-state index >= 15 is 0 Å². The monoisotopic (exact) mass is 393 g/mol. The number of aromatic amines is 1. The number of carbonyl (C=O) groups excluding carboxylic acids is 1. The van der Waals surface area contributed by atoms with Gasteiger partial charge in [-0.2, -0.15) is 0 Å². The molecule has 2 aromatic heterocycles. The first-order valence-corrected chi connectivity index (χ1v) is 9.54. The van der Waals surface area contributed by atoms with Crippen LogP contribution in [-0.4, -0.2) is 32.1 Å². The van der Waals surface area contributed by atoms with E-state index in [4.69, 9.17) is 14.2 Å². The van der Waals surface area contributed by atoms with E-state index in [2.05, 4.69) is 17.1 Å². The number of benzene rings is 2. The van der Waals surface area contributed by atoms with Gasteiger partial charge < -0.3 is 19.2 Å². The van der Waals surface area contributed by atoms with Crippen LogP contribution in [0.5, 0.6) is 17.2 Å². The SMILES string of the molecule is COc1cc(C(=O)c2c[nH]c3c(-c4cccs4)cccc23)cc(OC)c1OC. The number of carbonyl (C=O) groups is 1. The molecule has 5 nitrogen and oxygen atoms in total. The average Bonchev–Trinajstić information content (AvgIpc) is 3.41. The van der Waals surface area contributed by atoms with Gasteiger partial charge in [0.25, 0.3) is 0 Å². The lowest BCUT2D eigenvalue weighted by molar-refractivity contribution is 0.103. The van der Waals surface area contributed by atoms with Gasteiger partial charge in [0.2, 0.25) is 5.75 Å². The number of methoxy groups -OCH3 is 3. The Labute approximate surface area is 166 Å². The minimum absolute atomic E-state index is 0.117. The van der Waals surface area contributed by atoms with Crippen LogP contribution in [0.1, 0.15) is 15.9 Å². The molecular weight excluding hydrogens is 374 g/mol. The van der Waals surface area contributed by atoms with Crippen molar-refractivity contribution >= 4 is 28.0 Å². The predicted molar refractivity (Wildman–Crippen MR) is 111 cm³/mol. The first-order valence-electron chi connectivity index (χ1n) is 8.66. The number of para-hydroxylation sites is 1. The van der Waals surface area contributed by atoms with Gasteiger partial charge in [-0.25, -0.2) is 0 Å². The lowest BCUT2D eigenvalue weighted by Crippen LogP contribution is -2.03. The molecule has 4 rings (SSSR count). The van der Waals surface area contributed by atoms with E-state index in [9.17, 15) is 4.79 Å². The quantitative estimate of drug-likeness (QED) is 0.460. The van der Waals surface area contributed by atoms with Crippen LogP contribution in [0.25, 0.3) is 21.3 Å². The lowest BCUT2D eigenvalue weighted by atomic mass is 10.00. The lowest BCUT2D eigenvalue weighted by Gasteiger charge is -2.13. The van der Waals surface area contributed by atoms with Gasteiger partial charge in [-0.15, -0.1) is 11.3 Å². The Hall–Kier alpha value is -3.25. The molecular formula is C22H19NO4S. The van der Waals surface area contributed by atoms with Crippen LogP contribution in [0.15, 0.2) is 54.0 Å². The van der Waals surface area contributed by atoms with Crippen molar-refractivity contribution in [3.8, 4) is 27.7 Å². The van der Waals surface area contributed by atoms with Crippen molar-refractivity contribution in [1.82, 2.24) is 4.98 Å². The summed E-state index contributed by atoms with van der Waals surface area (Å²) in [7, 11) is 4.60. The molecule has 0 saturated carbocycles. The van der Waals surface area contributed by atoms with E-state index in [0.717, 1.165) is 21.3 Å². The highest BCUT2D eigenvalue weighted by atomic mass is 32.1. The molecule has 1 N–H and O–H groups in total. The number of H-pyrrole nitrogens is 1. The molecule has 0 saturated heterocycles. The molecule has 4 aromatic rings. The maximum atomic E-state index is 13.3. The molecule has 0 fully saturated rings. The van der Waals surface area contributed by atoms with Crippen molar-refractivity contribution in [2.75, 3.05) is 21.3 Å². The molecule has 0 aliphatic carbocycles. The van der Waals surface area contributed by atoms with Crippen molar-refractivity contribution in [2.24, 2.45) is 0 Å². The molecule has 0 unspecified atom stereocenters. The highest BCUT2D eigenvalue weighted by Crippen LogP contribution is 2.39. The van der Waals surface area contributed by atoms with E-state index in [1.54, 1.807) is 29.7 Å². The van der Waals surface area contributed by atoms with Gasteiger partial charge in [0.05, 0.1) is 26.8 Å². The third-order valence-electron chi connectivity index (χ3n) is 4.67. The molecule has 0 bridgehead atoms. The maximum Gasteiger partial charge on any atom is 0.203 e. The van der Waals surface area contributed by atoms with Gasteiger partial charge >= 0.3 is 0 Å². The van der Waals surface area contributed by atoms with Crippen LogP contribution in [-0.2, 0) is 0 Å². The summed E-state index contributed by atoms with van der Waals surface area (Å²) in [5.74, 6) is 1.24. The van der Waals surface area contributed by atoms with Crippen molar-refractivity contribution < 1.29 is 19.0 Å². The molecule has 142 valence electrons. The zero-order chi connectivity index (χ0) is 19.7. The molecule has 0 aliphatic heterocycles. The maximum absolute atomic E-state index is 13.3. The minimum atomic E-state index is -0.117. The molecule has 2 aromatic carbocycles. The third kappa shape index (κ3) is 2.92. The number of nitrogens with one attached hydrogen (secondary N) is 1. The zero-order valence-electron chi connectivity index (χ0n) is 15.7. The highest BCUT2D eigenvalue weighted by molar-refractivity contribution is 7.13. The molecule has 0 amide bonds. The van der Waals surface area contributed by atoms with E-state index < -0.39 is 0 Å². The summed E-state index contributed by atoms with van der Waals surface area (Å²) in [4.78, 5) is 17.7. The summed E-state index contributed by atoms with van der Waals surface area (Å²) in [6.07, 6.45) is 1.76. The Morgan fingerprint density at radius 3 is 2.32 bits per heavy atom. The van der Waals surface area contributed by atoms with Crippen LogP contribution in [0.3, 0.4) is 0 Å². The van der Waals surface area contributed by atoms with Crippen LogP contribution < -0.4 is 14.2 Å². The summed E-state index contributed by atoms with van der Waals surface area (Å²) >= 11 is 1.67. The highest BCUT2D eigenvalue weighted by Gasteiger charge is 2.21. The number of fused-ring (bicyclic) bond motifs is 1. The smallest absolute Gasteiger partial charge is 0.203 e. The van der Waals surface area contributed by atoms with Gasteiger partial charge in [-0.05, 0) is 23.6 Å². The Kier molecular flexibility index (Phi) is 4.79. The second-order valence-electron chi connectivity index (χ2n) is 6.15. The molecule has 0 aliphatic rings. The topological polar surface area (TPSA) is 60.6 Å². The Morgan fingerprint density at radius 1 is 0.964 bits per heavy atom. The van der Waals surface area contributed by atoms with Crippen LogP contribution in [0.2, 0.25) is 0 Å². The number of ketones is 1.